The highest BCUT2D eigenvalue weighted by atomic mass is 16.5. The second-order valence-corrected chi connectivity index (χ2v) is 8.82. The molecule has 6 nitrogen and oxygen atoms in total. The highest BCUT2D eigenvalue weighted by molar-refractivity contribution is 5.98. The molecular formula is C25H31N3O3. The van der Waals surface area contributed by atoms with Gasteiger partial charge in [0.25, 0.3) is 5.91 Å². The van der Waals surface area contributed by atoms with Gasteiger partial charge < -0.3 is 14.5 Å². The first-order valence-electron chi connectivity index (χ1n) is 10.9. The first kappa shape index (κ1) is 21.4. The van der Waals surface area contributed by atoms with Crippen LogP contribution in [0.1, 0.15) is 22.8 Å². The summed E-state index contributed by atoms with van der Waals surface area (Å²) >= 11 is 0. The van der Waals surface area contributed by atoms with Crippen molar-refractivity contribution in [3.05, 3.63) is 65.7 Å². The van der Waals surface area contributed by atoms with Crippen LogP contribution in [0.4, 0.5) is 0 Å². The molecule has 2 aromatic rings. The number of hydrogen-bond acceptors (Lipinski definition) is 4. The Morgan fingerprint density at radius 3 is 2.45 bits per heavy atom. The van der Waals surface area contributed by atoms with E-state index < -0.39 is 5.41 Å². The number of hydrogen-bond donors (Lipinski definition) is 0. The van der Waals surface area contributed by atoms with E-state index in [-0.39, 0.29) is 17.7 Å². The van der Waals surface area contributed by atoms with Gasteiger partial charge in [-0.3, -0.25) is 14.5 Å². The van der Waals surface area contributed by atoms with Gasteiger partial charge in [0, 0.05) is 52.7 Å². The quantitative estimate of drug-likeness (QED) is 0.720. The molecule has 0 spiro atoms. The van der Waals surface area contributed by atoms with Crippen molar-refractivity contribution in [3.63, 3.8) is 0 Å². The topological polar surface area (TPSA) is 53.1 Å². The van der Waals surface area contributed by atoms with E-state index in [4.69, 9.17) is 4.74 Å². The number of rotatable bonds is 6. The van der Waals surface area contributed by atoms with Crippen molar-refractivity contribution >= 4 is 11.8 Å². The van der Waals surface area contributed by atoms with Crippen molar-refractivity contribution in [3.8, 4) is 5.75 Å². The Labute approximate surface area is 184 Å². The molecule has 31 heavy (non-hydrogen) atoms. The maximum atomic E-state index is 13.4. The lowest BCUT2D eigenvalue weighted by molar-refractivity contribution is -0.139. The molecule has 4 rings (SSSR count). The second kappa shape index (κ2) is 8.71. The van der Waals surface area contributed by atoms with E-state index in [1.807, 2.05) is 68.4 Å². The molecule has 2 atom stereocenters. The van der Waals surface area contributed by atoms with Gasteiger partial charge in [-0.05, 0) is 24.6 Å². The van der Waals surface area contributed by atoms with E-state index in [9.17, 15) is 9.59 Å². The smallest absolute Gasteiger partial charge is 0.257 e. The fraction of sp³-hybridized carbons (Fsp3) is 0.440. The summed E-state index contributed by atoms with van der Waals surface area (Å²) in [4.78, 5) is 32.6. The molecule has 0 bridgehead atoms. The lowest BCUT2D eigenvalue weighted by Crippen LogP contribution is -2.47. The van der Waals surface area contributed by atoms with Crippen LogP contribution in [0.3, 0.4) is 0 Å². The van der Waals surface area contributed by atoms with Crippen LogP contribution >= 0.6 is 0 Å². The van der Waals surface area contributed by atoms with Crippen molar-refractivity contribution in [2.24, 2.45) is 11.3 Å². The summed E-state index contributed by atoms with van der Waals surface area (Å²) in [7, 11) is 3.62. The zero-order valence-electron chi connectivity index (χ0n) is 18.6. The first-order chi connectivity index (χ1) is 14.9. The van der Waals surface area contributed by atoms with E-state index in [0.717, 1.165) is 13.1 Å². The average molecular weight is 422 g/mol. The molecule has 0 saturated carbocycles. The number of nitrogens with zero attached hydrogens (tertiary/aromatic N) is 3. The van der Waals surface area contributed by atoms with Crippen LogP contribution in [0.15, 0.2) is 54.6 Å². The molecule has 164 valence electrons. The predicted molar refractivity (Wildman–Crippen MR) is 120 cm³/mol. The van der Waals surface area contributed by atoms with Crippen LogP contribution in [0.5, 0.6) is 5.75 Å². The summed E-state index contributed by atoms with van der Waals surface area (Å²) in [5.74, 6) is 0.778. The number of ether oxygens (including phenoxy) is 1. The number of benzene rings is 2. The third kappa shape index (κ3) is 4.04. The minimum atomic E-state index is -0.561. The van der Waals surface area contributed by atoms with Gasteiger partial charge in [0.2, 0.25) is 5.91 Å². The fourth-order valence-electron chi connectivity index (χ4n) is 5.13. The van der Waals surface area contributed by atoms with Crippen LogP contribution in [-0.2, 0) is 11.3 Å². The molecule has 2 saturated heterocycles. The van der Waals surface area contributed by atoms with Crippen LogP contribution in [0.25, 0.3) is 0 Å². The molecule has 2 fully saturated rings. The Balaban J connectivity index is 1.56. The fourth-order valence-corrected chi connectivity index (χ4v) is 5.13. The Morgan fingerprint density at radius 1 is 1.03 bits per heavy atom. The number of fused-ring (bicyclic) bond motifs is 1. The Morgan fingerprint density at radius 2 is 1.74 bits per heavy atom. The Kier molecular flexibility index (Phi) is 6.01. The van der Waals surface area contributed by atoms with Crippen molar-refractivity contribution in [1.82, 2.24) is 14.7 Å². The molecule has 0 N–H and O–H groups in total. The summed E-state index contributed by atoms with van der Waals surface area (Å²) in [6.45, 7) is 5.74. The molecule has 2 heterocycles. The second-order valence-electron chi connectivity index (χ2n) is 8.82. The van der Waals surface area contributed by atoms with E-state index in [1.165, 1.54) is 5.56 Å². The lowest BCUT2D eigenvalue weighted by atomic mass is 9.80. The predicted octanol–water partition coefficient (Wildman–Crippen LogP) is 2.75. The zero-order chi connectivity index (χ0) is 22.0. The maximum absolute atomic E-state index is 13.4. The highest BCUT2D eigenvalue weighted by Crippen LogP contribution is 2.44. The molecule has 6 heteroatoms. The first-order valence-corrected chi connectivity index (χ1v) is 10.9. The summed E-state index contributed by atoms with van der Waals surface area (Å²) in [5, 5.41) is 0. The van der Waals surface area contributed by atoms with E-state index in [0.29, 0.717) is 37.6 Å². The van der Waals surface area contributed by atoms with Crippen LogP contribution < -0.4 is 4.74 Å². The third-order valence-electron chi connectivity index (χ3n) is 6.47. The summed E-state index contributed by atoms with van der Waals surface area (Å²) in [6, 6.07) is 17.7. The number of para-hydroxylation sites is 1. The van der Waals surface area contributed by atoms with Crippen molar-refractivity contribution < 1.29 is 14.3 Å². The van der Waals surface area contributed by atoms with Gasteiger partial charge in [-0.15, -0.1) is 0 Å². The van der Waals surface area contributed by atoms with E-state index in [1.54, 1.807) is 4.90 Å². The number of carbonyl (C=O) groups excluding carboxylic acids is 2. The molecule has 0 aromatic heterocycles. The summed E-state index contributed by atoms with van der Waals surface area (Å²) in [5.41, 5.74) is 1.25. The van der Waals surface area contributed by atoms with Gasteiger partial charge in [0.05, 0.1) is 17.6 Å². The maximum Gasteiger partial charge on any atom is 0.257 e. The van der Waals surface area contributed by atoms with Crippen LogP contribution in [0.2, 0.25) is 0 Å². The monoisotopic (exact) mass is 421 g/mol. The molecule has 0 unspecified atom stereocenters. The SMILES string of the molecule is CCOc1ccccc1C(=O)N1C[C@@H]2CN(Cc3ccccc3)C[C@]2(C(=O)N(C)C)C1. The van der Waals surface area contributed by atoms with Gasteiger partial charge in [0.1, 0.15) is 5.75 Å². The van der Waals surface area contributed by atoms with Crippen molar-refractivity contribution in [2.45, 2.75) is 13.5 Å². The molecule has 0 radical (unpaired) electrons. The zero-order valence-corrected chi connectivity index (χ0v) is 18.6. The van der Waals surface area contributed by atoms with Gasteiger partial charge in [-0.1, -0.05) is 42.5 Å². The number of likely N-dealkylation sites (tertiary alicyclic amines) is 2. The largest absolute Gasteiger partial charge is 0.493 e. The number of carbonyl (C=O) groups is 2. The highest BCUT2D eigenvalue weighted by Gasteiger charge is 2.58. The standard InChI is InChI=1S/C25H31N3O3/c1-4-31-22-13-9-8-12-21(22)23(29)28-16-20-15-27(14-19-10-6-5-7-11-19)17-25(20,18-28)24(30)26(2)3/h5-13,20H,4,14-18H2,1-3H3/t20-,25-/m0/s1. The van der Waals surface area contributed by atoms with Gasteiger partial charge in [-0.2, -0.15) is 0 Å². The van der Waals surface area contributed by atoms with Gasteiger partial charge in [0.15, 0.2) is 0 Å². The van der Waals surface area contributed by atoms with Crippen LogP contribution in [-0.4, -0.2) is 73.4 Å². The van der Waals surface area contributed by atoms with Crippen LogP contribution in [0, 0.1) is 11.3 Å². The minimum Gasteiger partial charge on any atom is -0.493 e. The van der Waals surface area contributed by atoms with E-state index >= 15 is 0 Å². The lowest BCUT2D eigenvalue weighted by Gasteiger charge is -2.31. The number of amides is 2. The van der Waals surface area contributed by atoms with E-state index in [2.05, 4.69) is 17.0 Å². The Hall–Kier alpha value is -2.86. The molecule has 0 aliphatic carbocycles. The van der Waals surface area contributed by atoms with Crippen molar-refractivity contribution in [2.75, 3.05) is 46.9 Å². The molecule has 2 aliphatic heterocycles. The Bertz CT molecular complexity index is 946. The molecule has 2 amide bonds. The van der Waals surface area contributed by atoms with Crippen molar-refractivity contribution in [1.29, 1.82) is 0 Å². The molecular weight excluding hydrogens is 390 g/mol. The molecule has 2 aliphatic rings. The van der Waals surface area contributed by atoms with Gasteiger partial charge in [-0.25, -0.2) is 0 Å². The normalized spacial score (nSPS) is 22.9. The summed E-state index contributed by atoms with van der Waals surface area (Å²) in [6.07, 6.45) is 0. The third-order valence-corrected chi connectivity index (χ3v) is 6.47. The minimum absolute atomic E-state index is 0.0565. The average Bonchev–Trinajstić information content (AvgIpc) is 3.28. The van der Waals surface area contributed by atoms with Gasteiger partial charge >= 0.3 is 0 Å². The summed E-state index contributed by atoms with van der Waals surface area (Å²) < 4.78 is 5.68. The molecule has 2 aromatic carbocycles.